The Morgan fingerprint density at radius 2 is 0.735 bits per heavy atom. The molecule has 3 aromatic rings. The van der Waals surface area contributed by atoms with Crippen molar-refractivity contribution in [3.63, 3.8) is 0 Å². The van der Waals surface area contributed by atoms with Crippen molar-refractivity contribution in [1.29, 1.82) is 0 Å². The summed E-state index contributed by atoms with van der Waals surface area (Å²) in [6.45, 7) is 27.8. The Morgan fingerprint density at radius 1 is 0.441 bits per heavy atom. The van der Waals surface area contributed by atoms with Gasteiger partial charge in [0.1, 0.15) is 0 Å². The van der Waals surface area contributed by atoms with Crippen LogP contribution >= 0.6 is 0 Å². The van der Waals surface area contributed by atoms with Crippen molar-refractivity contribution in [2.45, 2.75) is 93.9 Å². The topological polar surface area (TPSA) is 0 Å². The van der Waals surface area contributed by atoms with Crippen LogP contribution < -0.4 is 0 Å². The molecule has 0 aromatic heterocycles. The zero-order valence-electron chi connectivity index (χ0n) is 23.8. The Morgan fingerprint density at radius 3 is 1.00 bits per heavy atom. The van der Waals surface area contributed by atoms with Crippen LogP contribution in [0.4, 0.5) is 0 Å². The number of hydrogen-bond donors (Lipinski definition) is 0. The van der Waals surface area contributed by atoms with Crippen molar-refractivity contribution in [3.05, 3.63) is 82.9 Å². The normalized spacial score (nSPS) is 13.3. The highest BCUT2D eigenvalue weighted by molar-refractivity contribution is 5.79. The average molecular weight is 455 g/mol. The van der Waals surface area contributed by atoms with E-state index in [2.05, 4.69) is 144 Å². The summed E-state index contributed by atoms with van der Waals surface area (Å²) in [5.74, 6) is 0. The first-order chi connectivity index (χ1) is 15.5. The van der Waals surface area contributed by atoms with Gasteiger partial charge in [0.15, 0.2) is 0 Å². The van der Waals surface area contributed by atoms with Crippen molar-refractivity contribution in [2.24, 2.45) is 10.8 Å². The van der Waals surface area contributed by atoms with Gasteiger partial charge >= 0.3 is 0 Å². The van der Waals surface area contributed by atoms with E-state index in [0.29, 0.717) is 0 Å². The van der Waals surface area contributed by atoms with Crippen molar-refractivity contribution in [3.8, 4) is 22.3 Å². The lowest BCUT2D eigenvalue weighted by Gasteiger charge is -2.39. The van der Waals surface area contributed by atoms with Gasteiger partial charge in [-0.25, -0.2) is 0 Å². The Hall–Kier alpha value is -2.34. The van der Waals surface area contributed by atoms with Crippen molar-refractivity contribution in [1.82, 2.24) is 0 Å². The van der Waals surface area contributed by atoms with Crippen LogP contribution in [0.1, 0.15) is 91.5 Å². The Labute approximate surface area is 209 Å². The van der Waals surface area contributed by atoms with Crippen LogP contribution in [0.15, 0.2) is 60.7 Å². The molecule has 0 N–H and O–H groups in total. The molecule has 0 heteroatoms. The highest BCUT2D eigenvalue weighted by atomic mass is 14.4. The Bertz CT molecular complexity index is 1050. The van der Waals surface area contributed by atoms with Crippen LogP contribution in [0.3, 0.4) is 0 Å². The summed E-state index contributed by atoms with van der Waals surface area (Å²) in [4.78, 5) is 0. The molecule has 0 atom stereocenters. The minimum absolute atomic E-state index is 0.112. The van der Waals surface area contributed by atoms with Gasteiger partial charge in [-0.15, -0.1) is 0 Å². The highest BCUT2D eigenvalue weighted by Gasteiger charge is 2.35. The van der Waals surface area contributed by atoms with E-state index in [-0.39, 0.29) is 21.7 Å². The van der Waals surface area contributed by atoms with Gasteiger partial charge < -0.3 is 0 Å². The van der Waals surface area contributed by atoms with Gasteiger partial charge in [-0.3, -0.25) is 0 Å². The molecule has 0 heterocycles. The summed E-state index contributed by atoms with van der Waals surface area (Å²) >= 11 is 0. The lowest BCUT2D eigenvalue weighted by atomic mass is 9.65. The highest BCUT2D eigenvalue weighted by Crippen LogP contribution is 2.43. The first-order valence-corrected chi connectivity index (χ1v) is 12.8. The molecule has 0 saturated carbocycles. The zero-order valence-corrected chi connectivity index (χ0v) is 23.8. The van der Waals surface area contributed by atoms with Gasteiger partial charge in [0.05, 0.1) is 0 Å². The van der Waals surface area contributed by atoms with Gasteiger partial charge in [0.25, 0.3) is 0 Å². The molecule has 0 aliphatic rings. The third-order valence-electron chi connectivity index (χ3n) is 9.14. The van der Waals surface area contributed by atoms with E-state index in [1.165, 1.54) is 44.5 Å². The van der Waals surface area contributed by atoms with Crippen LogP contribution in [-0.2, 0) is 10.8 Å². The molecule has 0 radical (unpaired) electrons. The van der Waals surface area contributed by atoms with E-state index in [0.717, 1.165) is 0 Å². The van der Waals surface area contributed by atoms with Gasteiger partial charge in [0.2, 0.25) is 0 Å². The predicted octanol–water partition coefficient (Wildman–Crippen LogP) is 10.3. The average Bonchev–Trinajstić information content (AvgIpc) is 2.73. The number of hydrogen-bond acceptors (Lipinski definition) is 0. The Kier molecular flexibility index (Phi) is 6.73. The molecule has 0 nitrogen and oxygen atoms in total. The summed E-state index contributed by atoms with van der Waals surface area (Å²) in [7, 11) is 0. The van der Waals surface area contributed by atoms with Crippen LogP contribution in [0.2, 0.25) is 0 Å². The fourth-order valence-electron chi connectivity index (χ4n) is 4.46. The van der Waals surface area contributed by atoms with Crippen LogP contribution in [-0.4, -0.2) is 0 Å². The van der Waals surface area contributed by atoms with Crippen LogP contribution in [0.5, 0.6) is 0 Å². The van der Waals surface area contributed by atoms with E-state index < -0.39 is 0 Å². The molecule has 34 heavy (non-hydrogen) atoms. The third kappa shape index (κ3) is 4.74. The second-order valence-corrected chi connectivity index (χ2v) is 13.4. The Balaban J connectivity index is 2.02. The summed E-state index contributed by atoms with van der Waals surface area (Å²) < 4.78 is 0. The fraction of sp³-hybridized carbons (Fsp3) is 0.471. The molecule has 0 amide bonds. The number of benzene rings is 3. The van der Waals surface area contributed by atoms with E-state index in [1.807, 2.05) is 0 Å². The standard InChI is InChI=1S/C34H46/c1-23-21-29(25-13-17-27(18-14-25)33(9,10)31(3,4)5)24(2)30(22-23)26-15-19-28(20-16-26)34(11,12)32(6,7)8/h13-22H,1-12H3. The fourth-order valence-corrected chi connectivity index (χ4v) is 4.46. The van der Waals surface area contributed by atoms with Crippen LogP contribution in [0.25, 0.3) is 22.3 Å². The quantitative estimate of drug-likeness (QED) is 0.368. The summed E-state index contributed by atoms with van der Waals surface area (Å²) in [6, 6.07) is 23.2. The predicted molar refractivity (Wildman–Crippen MR) is 152 cm³/mol. The molecule has 0 fully saturated rings. The van der Waals surface area contributed by atoms with Gasteiger partial charge in [0, 0.05) is 0 Å². The smallest absolute Gasteiger partial charge is 0.00551 e. The molecule has 0 saturated heterocycles. The van der Waals surface area contributed by atoms with Crippen molar-refractivity contribution in [2.75, 3.05) is 0 Å². The summed E-state index contributed by atoms with van der Waals surface area (Å²) in [5, 5.41) is 0. The molecule has 3 rings (SSSR count). The molecule has 0 aliphatic heterocycles. The second kappa shape index (κ2) is 8.71. The third-order valence-corrected chi connectivity index (χ3v) is 9.14. The molecule has 0 spiro atoms. The number of rotatable bonds is 4. The van der Waals surface area contributed by atoms with Gasteiger partial charge in [-0.1, -0.05) is 130 Å². The van der Waals surface area contributed by atoms with E-state index >= 15 is 0 Å². The second-order valence-electron chi connectivity index (χ2n) is 13.4. The minimum atomic E-state index is 0.112. The molecular formula is C34H46. The maximum atomic E-state index is 2.35. The zero-order chi connectivity index (χ0) is 25.7. The van der Waals surface area contributed by atoms with E-state index in [9.17, 15) is 0 Å². The largest absolute Gasteiger partial charge is 0.0593 e. The van der Waals surface area contributed by atoms with E-state index in [1.54, 1.807) is 0 Å². The minimum Gasteiger partial charge on any atom is -0.0593 e. The SMILES string of the molecule is Cc1cc(-c2ccc(C(C)(C)C(C)(C)C)cc2)c(C)c(-c2ccc(C(C)(C)C(C)(C)C)cc2)c1. The van der Waals surface area contributed by atoms with Crippen LogP contribution in [0, 0.1) is 24.7 Å². The molecule has 182 valence electrons. The lowest BCUT2D eigenvalue weighted by molar-refractivity contribution is 0.225. The summed E-state index contributed by atoms with van der Waals surface area (Å²) in [5.41, 5.74) is 11.3. The van der Waals surface area contributed by atoms with Gasteiger partial charge in [-0.05, 0) is 80.0 Å². The van der Waals surface area contributed by atoms with Crippen molar-refractivity contribution >= 4 is 0 Å². The molecule has 0 bridgehead atoms. The lowest BCUT2D eigenvalue weighted by Crippen LogP contribution is -2.33. The molecule has 0 aliphatic carbocycles. The van der Waals surface area contributed by atoms with E-state index in [4.69, 9.17) is 0 Å². The monoisotopic (exact) mass is 454 g/mol. The number of aryl methyl sites for hydroxylation is 1. The molecular weight excluding hydrogens is 408 g/mol. The molecule has 3 aromatic carbocycles. The first kappa shape index (κ1) is 26.3. The maximum absolute atomic E-state index is 2.35. The molecule has 0 unspecified atom stereocenters. The first-order valence-electron chi connectivity index (χ1n) is 12.8. The van der Waals surface area contributed by atoms with Crippen molar-refractivity contribution < 1.29 is 0 Å². The van der Waals surface area contributed by atoms with Gasteiger partial charge in [-0.2, -0.15) is 0 Å². The summed E-state index contributed by atoms with van der Waals surface area (Å²) in [6.07, 6.45) is 0. The maximum Gasteiger partial charge on any atom is -0.00551 e.